The van der Waals surface area contributed by atoms with Gasteiger partial charge in [0.25, 0.3) is 0 Å². The Labute approximate surface area is 205 Å². The lowest BCUT2D eigenvalue weighted by Crippen LogP contribution is -2.41. The molecule has 1 heterocycles. The number of nitrogens with zero attached hydrogens (tertiary/aromatic N) is 1. The highest BCUT2D eigenvalue weighted by molar-refractivity contribution is 6.31. The van der Waals surface area contributed by atoms with Gasteiger partial charge in [0.2, 0.25) is 5.91 Å². The van der Waals surface area contributed by atoms with E-state index in [-0.39, 0.29) is 24.1 Å². The monoisotopic (exact) mass is 481 g/mol. The van der Waals surface area contributed by atoms with Gasteiger partial charge >= 0.3 is 5.97 Å². The molecule has 7 heteroatoms. The lowest BCUT2D eigenvalue weighted by Gasteiger charge is -2.34. The fourth-order valence-electron chi connectivity index (χ4n) is 4.02. The van der Waals surface area contributed by atoms with Gasteiger partial charge in [0, 0.05) is 40.3 Å². The van der Waals surface area contributed by atoms with Crippen LogP contribution >= 0.6 is 11.6 Å². The molecule has 34 heavy (non-hydrogen) atoms. The Hall–Kier alpha value is -3.25. The molecule has 0 radical (unpaired) electrons. The molecule has 1 unspecified atom stereocenters. The first kappa shape index (κ1) is 25.4. The highest BCUT2D eigenvalue weighted by Gasteiger charge is 2.35. The van der Waals surface area contributed by atoms with Gasteiger partial charge in [-0.2, -0.15) is 0 Å². The summed E-state index contributed by atoms with van der Waals surface area (Å²) in [6.45, 7) is 13.1. The van der Waals surface area contributed by atoms with Crippen LogP contribution in [0, 0.1) is 5.92 Å². The number of aromatic nitrogens is 1. The van der Waals surface area contributed by atoms with Crippen molar-refractivity contribution >= 4 is 34.4 Å². The van der Waals surface area contributed by atoms with E-state index in [4.69, 9.17) is 16.3 Å². The van der Waals surface area contributed by atoms with Crippen LogP contribution in [0.4, 0.5) is 0 Å². The molecule has 3 aromatic rings. The van der Waals surface area contributed by atoms with E-state index in [0.717, 1.165) is 16.6 Å². The number of aromatic amines is 1. The summed E-state index contributed by atoms with van der Waals surface area (Å²) in [4.78, 5) is 31.9. The first-order valence-electron chi connectivity index (χ1n) is 11.4. The van der Waals surface area contributed by atoms with Crippen molar-refractivity contribution < 1.29 is 14.3 Å². The summed E-state index contributed by atoms with van der Waals surface area (Å²) in [5.41, 5.74) is 3.18. The molecule has 3 rings (SSSR count). The topological polar surface area (TPSA) is 74.4 Å². The smallest absolute Gasteiger partial charge is 0.355 e. The zero-order valence-corrected chi connectivity index (χ0v) is 20.9. The van der Waals surface area contributed by atoms with E-state index < -0.39 is 12.0 Å². The molecule has 0 fully saturated rings. The van der Waals surface area contributed by atoms with E-state index in [2.05, 4.69) is 30.7 Å². The second-order valence-corrected chi connectivity index (χ2v) is 9.15. The first-order chi connectivity index (χ1) is 16.2. The number of hydrogen-bond acceptors (Lipinski definition) is 4. The molecule has 2 N–H and O–H groups in total. The number of halogens is 1. The minimum Gasteiger partial charge on any atom is -0.461 e. The van der Waals surface area contributed by atoms with E-state index in [9.17, 15) is 9.59 Å². The van der Waals surface area contributed by atoms with Gasteiger partial charge in [-0.3, -0.25) is 4.79 Å². The predicted molar refractivity (Wildman–Crippen MR) is 137 cm³/mol. The third kappa shape index (κ3) is 5.81. The number of allylic oxidation sites excluding steroid dienone is 1. The van der Waals surface area contributed by atoms with Crippen LogP contribution in [0.15, 0.2) is 60.8 Å². The summed E-state index contributed by atoms with van der Waals surface area (Å²) in [7, 11) is 0. The van der Waals surface area contributed by atoms with Crippen molar-refractivity contribution in [2.75, 3.05) is 13.2 Å². The quantitative estimate of drug-likeness (QED) is 0.356. The number of rotatable bonds is 10. The Balaban J connectivity index is 2.16. The van der Waals surface area contributed by atoms with Crippen molar-refractivity contribution in [2.45, 2.75) is 40.3 Å². The van der Waals surface area contributed by atoms with E-state index in [0.29, 0.717) is 29.2 Å². The Bertz CT molecular complexity index is 1170. The molecule has 6 nitrogen and oxygen atoms in total. The van der Waals surface area contributed by atoms with Gasteiger partial charge in [-0.1, -0.05) is 68.4 Å². The molecule has 2 aromatic carbocycles. The second kappa shape index (κ2) is 11.3. The van der Waals surface area contributed by atoms with E-state index in [1.165, 1.54) is 0 Å². The number of benzene rings is 2. The van der Waals surface area contributed by atoms with Crippen LogP contribution < -0.4 is 5.32 Å². The van der Waals surface area contributed by atoms with Crippen LogP contribution in [0.5, 0.6) is 0 Å². The molecule has 180 valence electrons. The van der Waals surface area contributed by atoms with E-state index in [1.807, 2.05) is 48.2 Å². The maximum atomic E-state index is 13.8. The van der Waals surface area contributed by atoms with Gasteiger partial charge in [0.05, 0.1) is 6.61 Å². The Morgan fingerprint density at radius 2 is 1.88 bits per heavy atom. The lowest BCUT2D eigenvalue weighted by molar-refractivity contribution is -0.126. The molecule has 0 saturated heterocycles. The van der Waals surface area contributed by atoms with Gasteiger partial charge in [-0.15, -0.1) is 0 Å². The Kier molecular flexibility index (Phi) is 8.40. The third-order valence-corrected chi connectivity index (χ3v) is 5.71. The van der Waals surface area contributed by atoms with Crippen LogP contribution in [-0.4, -0.2) is 34.9 Å². The molecule has 0 aliphatic heterocycles. The molecular formula is C27H32ClN3O3. The first-order valence-corrected chi connectivity index (χ1v) is 11.8. The third-order valence-electron chi connectivity index (χ3n) is 5.48. The van der Waals surface area contributed by atoms with Crippen molar-refractivity contribution in [3.63, 3.8) is 0 Å². The molecule has 1 aromatic heterocycles. The molecule has 0 spiro atoms. The number of fused-ring (bicyclic) bond motifs is 1. The van der Waals surface area contributed by atoms with Crippen molar-refractivity contribution in [1.82, 2.24) is 15.2 Å². The van der Waals surface area contributed by atoms with Crippen LogP contribution in [0.25, 0.3) is 10.9 Å². The summed E-state index contributed by atoms with van der Waals surface area (Å²) in [5.74, 6) is -0.488. The van der Waals surface area contributed by atoms with Gasteiger partial charge < -0.3 is 19.9 Å². The summed E-state index contributed by atoms with van der Waals surface area (Å²) in [5, 5.41) is 4.32. The van der Waals surface area contributed by atoms with E-state index >= 15 is 0 Å². The summed E-state index contributed by atoms with van der Waals surface area (Å²) in [6, 6.07) is 14.2. The normalized spacial score (nSPS) is 11.9. The molecule has 0 aliphatic rings. The van der Waals surface area contributed by atoms with Crippen LogP contribution in [0.3, 0.4) is 0 Å². The standard InChI is InChI=1S/C27H32ClN3O3/c1-6-34-27(33)24-23(21-13-12-20(28)14-22(21)30-24)25(31(18(4)5)16-17(2)3)26(32)29-15-19-10-8-7-9-11-19/h7-14,17,25,30H,4,6,15-16H2,1-3,5H3,(H,29,32). The average molecular weight is 482 g/mol. The van der Waals surface area contributed by atoms with Crippen molar-refractivity contribution in [3.8, 4) is 0 Å². The zero-order valence-electron chi connectivity index (χ0n) is 20.2. The van der Waals surface area contributed by atoms with Crippen molar-refractivity contribution in [1.29, 1.82) is 0 Å². The van der Waals surface area contributed by atoms with Crippen LogP contribution in [0.1, 0.15) is 55.4 Å². The number of carbonyl (C=O) groups is 2. The number of esters is 1. The largest absolute Gasteiger partial charge is 0.461 e. The number of carbonyl (C=O) groups excluding carboxylic acids is 2. The fourth-order valence-corrected chi connectivity index (χ4v) is 4.20. The molecule has 0 aliphatic carbocycles. The molecular weight excluding hydrogens is 450 g/mol. The minimum atomic E-state index is -0.794. The minimum absolute atomic E-state index is 0.218. The predicted octanol–water partition coefficient (Wildman–Crippen LogP) is 5.85. The zero-order chi connectivity index (χ0) is 24.8. The van der Waals surface area contributed by atoms with Gasteiger partial charge in [0.1, 0.15) is 11.7 Å². The van der Waals surface area contributed by atoms with Gasteiger partial charge in [0.15, 0.2) is 0 Å². The lowest BCUT2D eigenvalue weighted by atomic mass is 9.98. The number of ether oxygens (including phenoxy) is 1. The molecule has 1 amide bonds. The highest BCUT2D eigenvalue weighted by atomic mass is 35.5. The van der Waals surface area contributed by atoms with Crippen LogP contribution in [-0.2, 0) is 16.1 Å². The number of nitrogens with one attached hydrogen (secondary N) is 2. The molecule has 1 atom stereocenters. The SMILES string of the molecule is C=C(C)N(CC(C)C)C(C(=O)NCc1ccccc1)c1c(C(=O)OCC)[nH]c2cc(Cl)ccc12. The Morgan fingerprint density at radius 1 is 1.18 bits per heavy atom. The summed E-state index contributed by atoms with van der Waals surface area (Å²) < 4.78 is 5.33. The molecule has 0 saturated carbocycles. The molecule has 0 bridgehead atoms. The number of H-pyrrole nitrogens is 1. The Morgan fingerprint density at radius 3 is 2.50 bits per heavy atom. The van der Waals surface area contributed by atoms with Crippen LogP contribution in [0.2, 0.25) is 5.02 Å². The maximum absolute atomic E-state index is 13.8. The fraction of sp³-hybridized carbons (Fsp3) is 0.333. The summed E-state index contributed by atoms with van der Waals surface area (Å²) in [6.07, 6.45) is 0. The van der Waals surface area contributed by atoms with Crippen molar-refractivity contribution in [2.24, 2.45) is 5.92 Å². The average Bonchev–Trinajstić information content (AvgIpc) is 3.16. The highest BCUT2D eigenvalue weighted by Crippen LogP contribution is 2.36. The summed E-state index contributed by atoms with van der Waals surface area (Å²) >= 11 is 6.22. The van der Waals surface area contributed by atoms with E-state index in [1.54, 1.807) is 19.1 Å². The van der Waals surface area contributed by atoms with Crippen molar-refractivity contribution in [3.05, 3.63) is 82.7 Å². The maximum Gasteiger partial charge on any atom is 0.355 e. The van der Waals surface area contributed by atoms with Gasteiger partial charge in [-0.25, -0.2) is 4.79 Å². The second-order valence-electron chi connectivity index (χ2n) is 8.71. The van der Waals surface area contributed by atoms with Gasteiger partial charge in [-0.05, 0) is 37.5 Å². The number of amides is 1. The number of hydrogen-bond donors (Lipinski definition) is 2.